The van der Waals surface area contributed by atoms with E-state index in [0.29, 0.717) is 19.8 Å². The number of amides is 1. The van der Waals surface area contributed by atoms with Crippen LogP contribution in [-0.2, 0) is 9.53 Å². The SMILES string of the molecule is COc1ccc(C(CNC(=O)[C@@H](N)C(C)(C)C)N2CCOCC2)cc1.Cl.Cl. The quantitative estimate of drug-likeness (QED) is 0.737. The Morgan fingerprint density at radius 3 is 2.26 bits per heavy atom. The van der Waals surface area contributed by atoms with Gasteiger partial charge in [0.05, 0.1) is 32.4 Å². The average Bonchev–Trinajstić information content (AvgIpc) is 2.61. The van der Waals surface area contributed by atoms with Crippen molar-refractivity contribution in [1.82, 2.24) is 10.2 Å². The molecule has 1 saturated heterocycles. The molecule has 3 N–H and O–H groups in total. The van der Waals surface area contributed by atoms with Gasteiger partial charge >= 0.3 is 0 Å². The Balaban J connectivity index is 0.00000338. The predicted octanol–water partition coefficient (Wildman–Crippen LogP) is 2.40. The zero-order valence-corrected chi connectivity index (χ0v) is 18.2. The molecule has 0 bridgehead atoms. The molecule has 2 rings (SSSR count). The summed E-state index contributed by atoms with van der Waals surface area (Å²) < 4.78 is 10.7. The van der Waals surface area contributed by atoms with Crippen molar-refractivity contribution in [2.75, 3.05) is 40.0 Å². The normalized spacial score (nSPS) is 17.1. The lowest BCUT2D eigenvalue weighted by Crippen LogP contribution is -2.51. The number of benzene rings is 1. The molecule has 1 aliphatic rings. The van der Waals surface area contributed by atoms with E-state index in [-0.39, 0.29) is 42.2 Å². The summed E-state index contributed by atoms with van der Waals surface area (Å²) >= 11 is 0. The molecule has 1 fully saturated rings. The number of hydrogen-bond donors (Lipinski definition) is 2. The van der Waals surface area contributed by atoms with Crippen LogP contribution in [0.15, 0.2) is 24.3 Å². The van der Waals surface area contributed by atoms with Crippen LogP contribution in [-0.4, -0.2) is 56.8 Å². The molecule has 27 heavy (non-hydrogen) atoms. The third-order valence-corrected chi connectivity index (χ3v) is 4.67. The number of nitrogens with zero attached hydrogens (tertiary/aromatic N) is 1. The maximum absolute atomic E-state index is 12.4. The smallest absolute Gasteiger partial charge is 0.237 e. The third-order valence-electron chi connectivity index (χ3n) is 4.67. The van der Waals surface area contributed by atoms with Crippen molar-refractivity contribution < 1.29 is 14.3 Å². The summed E-state index contributed by atoms with van der Waals surface area (Å²) in [6.45, 7) is 9.55. The van der Waals surface area contributed by atoms with Gasteiger partial charge < -0.3 is 20.5 Å². The maximum atomic E-state index is 12.4. The lowest BCUT2D eigenvalue weighted by atomic mass is 9.87. The largest absolute Gasteiger partial charge is 0.497 e. The fourth-order valence-corrected chi connectivity index (χ4v) is 2.87. The van der Waals surface area contributed by atoms with Crippen LogP contribution in [0.5, 0.6) is 5.75 Å². The van der Waals surface area contributed by atoms with E-state index in [0.717, 1.165) is 24.4 Å². The van der Waals surface area contributed by atoms with Gasteiger partial charge in [-0.2, -0.15) is 0 Å². The fraction of sp³-hybridized carbons (Fsp3) is 0.632. The third kappa shape index (κ3) is 7.47. The van der Waals surface area contributed by atoms with Crippen LogP contribution in [0, 0.1) is 5.41 Å². The number of carbonyl (C=O) groups excluding carboxylic acids is 1. The summed E-state index contributed by atoms with van der Waals surface area (Å²) in [5.41, 5.74) is 6.95. The molecule has 156 valence electrons. The highest BCUT2D eigenvalue weighted by Gasteiger charge is 2.29. The van der Waals surface area contributed by atoms with Crippen LogP contribution >= 0.6 is 24.8 Å². The second-order valence-electron chi connectivity index (χ2n) is 7.53. The number of nitrogens with one attached hydrogen (secondary N) is 1. The van der Waals surface area contributed by atoms with Crippen molar-refractivity contribution in [3.05, 3.63) is 29.8 Å². The van der Waals surface area contributed by atoms with Crippen molar-refractivity contribution in [2.45, 2.75) is 32.9 Å². The Kier molecular flexibility index (Phi) is 11.3. The van der Waals surface area contributed by atoms with Crippen molar-refractivity contribution in [3.63, 3.8) is 0 Å². The lowest BCUT2D eigenvalue weighted by Gasteiger charge is -2.35. The minimum atomic E-state index is -0.534. The molecule has 1 unspecified atom stereocenters. The molecule has 0 aromatic heterocycles. The van der Waals surface area contributed by atoms with Gasteiger partial charge in [-0.3, -0.25) is 9.69 Å². The molecule has 8 heteroatoms. The van der Waals surface area contributed by atoms with Crippen LogP contribution < -0.4 is 15.8 Å². The molecular weight excluding hydrogens is 389 g/mol. The highest BCUT2D eigenvalue weighted by Crippen LogP contribution is 2.24. The molecule has 1 aromatic rings. The Bertz CT molecular complexity index is 558. The zero-order chi connectivity index (χ0) is 18.4. The Hall–Kier alpha value is -1.05. The van der Waals surface area contributed by atoms with Gasteiger partial charge in [-0.1, -0.05) is 32.9 Å². The number of hydrogen-bond acceptors (Lipinski definition) is 5. The molecule has 2 atom stereocenters. The van der Waals surface area contributed by atoms with Crippen LogP contribution in [0.25, 0.3) is 0 Å². The summed E-state index contributed by atoms with van der Waals surface area (Å²) in [4.78, 5) is 14.8. The van der Waals surface area contributed by atoms with E-state index >= 15 is 0 Å². The van der Waals surface area contributed by atoms with Crippen molar-refractivity contribution >= 4 is 30.7 Å². The Labute approximate surface area is 175 Å². The number of morpholine rings is 1. The second-order valence-corrected chi connectivity index (χ2v) is 7.53. The Morgan fingerprint density at radius 2 is 1.78 bits per heavy atom. The van der Waals surface area contributed by atoms with Gasteiger partial charge in [0.15, 0.2) is 0 Å². The van der Waals surface area contributed by atoms with Crippen LogP contribution in [0.2, 0.25) is 0 Å². The standard InChI is InChI=1S/C19H31N3O3.2ClH/c1-19(2,3)17(20)18(23)21-13-16(22-9-11-25-12-10-22)14-5-7-15(24-4)8-6-14;;/h5-8,16-17H,9-13,20H2,1-4H3,(H,21,23);2*1H/t16?,17-;;/m1../s1. The van der Waals surface area contributed by atoms with E-state index in [1.54, 1.807) is 7.11 Å². The number of carbonyl (C=O) groups is 1. The molecule has 1 heterocycles. The van der Waals surface area contributed by atoms with E-state index in [9.17, 15) is 4.79 Å². The number of methoxy groups -OCH3 is 1. The summed E-state index contributed by atoms with van der Waals surface area (Å²) in [6, 6.07) is 7.56. The first-order valence-corrected chi connectivity index (χ1v) is 8.82. The highest BCUT2D eigenvalue weighted by atomic mass is 35.5. The summed E-state index contributed by atoms with van der Waals surface area (Å²) in [6.07, 6.45) is 0. The lowest BCUT2D eigenvalue weighted by molar-refractivity contribution is -0.124. The molecule has 1 aliphatic heterocycles. The molecular formula is C19H33Cl2N3O3. The van der Waals surface area contributed by atoms with Gasteiger partial charge in [0.2, 0.25) is 5.91 Å². The average molecular weight is 422 g/mol. The molecule has 0 saturated carbocycles. The predicted molar refractivity (Wildman–Crippen MR) is 113 cm³/mol. The van der Waals surface area contributed by atoms with Crippen molar-refractivity contribution in [2.24, 2.45) is 11.1 Å². The molecule has 6 nitrogen and oxygen atoms in total. The van der Waals surface area contributed by atoms with E-state index < -0.39 is 6.04 Å². The minimum absolute atomic E-state index is 0. The number of nitrogens with two attached hydrogens (primary N) is 1. The summed E-state index contributed by atoms with van der Waals surface area (Å²) in [5, 5.41) is 3.04. The van der Waals surface area contributed by atoms with E-state index in [4.69, 9.17) is 15.2 Å². The van der Waals surface area contributed by atoms with E-state index in [2.05, 4.69) is 22.3 Å². The van der Waals surface area contributed by atoms with Gasteiger partial charge in [-0.15, -0.1) is 24.8 Å². The monoisotopic (exact) mass is 421 g/mol. The second kappa shape index (κ2) is 11.7. The first-order chi connectivity index (χ1) is 11.8. The van der Waals surface area contributed by atoms with Gasteiger partial charge in [0.25, 0.3) is 0 Å². The molecule has 0 spiro atoms. The van der Waals surface area contributed by atoms with Crippen molar-refractivity contribution in [1.29, 1.82) is 0 Å². The Morgan fingerprint density at radius 1 is 1.22 bits per heavy atom. The topological polar surface area (TPSA) is 76.8 Å². The number of ether oxygens (including phenoxy) is 2. The zero-order valence-electron chi connectivity index (χ0n) is 16.6. The fourth-order valence-electron chi connectivity index (χ4n) is 2.87. The van der Waals surface area contributed by atoms with Gasteiger partial charge in [0, 0.05) is 19.6 Å². The first-order valence-electron chi connectivity index (χ1n) is 8.82. The minimum Gasteiger partial charge on any atom is -0.497 e. The van der Waals surface area contributed by atoms with Crippen LogP contribution in [0.3, 0.4) is 0 Å². The van der Waals surface area contributed by atoms with E-state index in [1.165, 1.54) is 0 Å². The van der Waals surface area contributed by atoms with Crippen LogP contribution in [0.1, 0.15) is 32.4 Å². The van der Waals surface area contributed by atoms with Crippen LogP contribution in [0.4, 0.5) is 0 Å². The van der Waals surface area contributed by atoms with Gasteiger partial charge in [-0.05, 0) is 23.1 Å². The molecule has 1 amide bonds. The summed E-state index contributed by atoms with van der Waals surface area (Å²) in [7, 11) is 1.66. The highest BCUT2D eigenvalue weighted by molar-refractivity contribution is 5.85. The number of rotatable bonds is 6. The summed E-state index contributed by atoms with van der Waals surface area (Å²) in [5.74, 6) is 0.711. The molecule has 0 radical (unpaired) electrons. The van der Waals surface area contributed by atoms with Gasteiger partial charge in [0.1, 0.15) is 5.75 Å². The molecule has 1 aromatic carbocycles. The maximum Gasteiger partial charge on any atom is 0.237 e. The number of halogens is 2. The van der Waals surface area contributed by atoms with Crippen molar-refractivity contribution in [3.8, 4) is 5.75 Å². The van der Waals surface area contributed by atoms with E-state index in [1.807, 2.05) is 32.9 Å². The van der Waals surface area contributed by atoms with Gasteiger partial charge in [-0.25, -0.2) is 0 Å². The first kappa shape index (κ1) is 26.0. The molecule has 0 aliphatic carbocycles.